The number of carboxylic acids is 1. The van der Waals surface area contributed by atoms with E-state index in [1.165, 1.54) is 17.0 Å². The lowest BCUT2D eigenvalue weighted by atomic mass is 9.91. The molecule has 310 valence electrons. The number of benzene rings is 6. The van der Waals surface area contributed by atoms with Crippen molar-refractivity contribution < 1.29 is 38.1 Å². The zero-order valence-corrected chi connectivity index (χ0v) is 34.1. The highest BCUT2D eigenvalue weighted by Gasteiger charge is 2.39. The van der Waals surface area contributed by atoms with Crippen LogP contribution < -0.4 is 20.1 Å². The third-order valence-corrected chi connectivity index (χ3v) is 11.5. The third kappa shape index (κ3) is 9.10. The number of nitrogens with zero attached hydrogens (tertiary/aromatic N) is 2. The van der Waals surface area contributed by atoms with Crippen LogP contribution in [0.2, 0.25) is 10.0 Å². The van der Waals surface area contributed by atoms with Gasteiger partial charge in [-0.3, -0.25) is 14.4 Å². The molecule has 11 nitrogen and oxygen atoms in total. The fraction of sp³-hybridized carbons (Fsp3) is 0.146. The molecule has 6 aromatic rings. The highest BCUT2D eigenvalue weighted by Crippen LogP contribution is 2.40. The van der Waals surface area contributed by atoms with Gasteiger partial charge in [0.1, 0.15) is 36.0 Å². The van der Waals surface area contributed by atoms with Crippen LogP contribution in [-0.4, -0.2) is 45.8 Å². The van der Waals surface area contributed by atoms with Gasteiger partial charge in [-0.1, -0.05) is 77.8 Å². The van der Waals surface area contributed by atoms with Crippen molar-refractivity contribution >= 4 is 52.6 Å². The molecule has 0 saturated heterocycles. The Bertz CT molecular complexity index is 2740. The number of rotatable bonds is 11. The number of hydrogen-bond acceptors (Lipinski definition) is 7. The highest BCUT2D eigenvalue weighted by molar-refractivity contribution is 6.42. The first-order chi connectivity index (χ1) is 29.9. The Morgan fingerprint density at radius 2 is 1.55 bits per heavy atom. The molecule has 3 atom stereocenters. The molecular weight excluding hydrogens is 834 g/mol. The van der Waals surface area contributed by atoms with Crippen molar-refractivity contribution in [2.24, 2.45) is 0 Å². The van der Waals surface area contributed by atoms with Crippen molar-refractivity contribution in [2.75, 3.05) is 5.32 Å². The average Bonchev–Trinajstić information content (AvgIpc) is 3.28. The summed E-state index contributed by atoms with van der Waals surface area (Å²) in [5, 5.41) is 25.8. The van der Waals surface area contributed by atoms with E-state index in [0.717, 1.165) is 28.8 Å². The summed E-state index contributed by atoms with van der Waals surface area (Å²) in [7, 11) is 0. The van der Waals surface area contributed by atoms with E-state index >= 15 is 0 Å². The second kappa shape index (κ2) is 17.8. The van der Waals surface area contributed by atoms with Gasteiger partial charge in [0, 0.05) is 30.5 Å². The molecule has 2 heterocycles. The Hall–Kier alpha value is -7.20. The average molecular weight is 870 g/mol. The second-order valence-corrected chi connectivity index (χ2v) is 15.7. The van der Waals surface area contributed by atoms with Gasteiger partial charge in [0.15, 0.2) is 0 Å². The molecule has 0 aromatic heterocycles. The molecule has 8 rings (SSSR count). The zero-order valence-electron chi connectivity index (χ0n) is 32.6. The molecule has 0 bridgehead atoms. The van der Waals surface area contributed by atoms with Gasteiger partial charge in [-0.05, 0) is 106 Å². The summed E-state index contributed by atoms with van der Waals surface area (Å²) in [4.78, 5) is 55.5. The van der Waals surface area contributed by atoms with E-state index < -0.39 is 47.7 Å². The first kappa shape index (κ1) is 41.5. The van der Waals surface area contributed by atoms with E-state index in [1.54, 1.807) is 72.8 Å². The topological polar surface area (TPSA) is 158 Å². The minimum Gasteiger partial charge on any atom is -0.489 e. The Kier molecular flexibility index (Phi) is 11.9. The smallest absolute Gasteiger partial charge is 0.326 e. The van der Waals surface area contributed by atoms with Crippen molar-refractivity contribution in [1.29, 1.82) is 5.26 Å². The van der Waals surface area contributed by atoms with Gasteiger partial charge in [0.05, 0.1) is 27.4 Å². The minimum atomic E-state index is -1.34. The van der Waals surface area contributed by atoms with E-state index in [9.17, 15) is 28.7 Å². The van der Waals surface area contributed by atoms with Crippen LogP contribution in [0.3, 0.4) is 0 Å². The van der Waals surface area contributed by atoms with Crippen LogP contribution in [0, 0.1) is 17.1 Å². The number of aliphatic carboxylic acids is 1. The number of nitrogens with one attached hydrogen (secondary N) is 2. The summed E-state index contributed by atoms with van der Waals surface area (Å²) < 4.78 is 26.0. The maximum absolute atomic E-state index is 14.1. The van der Waals surface area contributed by atoms with Gasteiger partial charge in [-0.15, -0.1) is 0 Å². The number of carboxylic acid groups (broad SMARTS) is 1. The number of carbonyl (C=O) groups excluding carboxylic acids is 3. The Morgan fingerprint density at radius 1 is 0.871 bits per heavy atom. The molecule has 0 radical (unpaired) electrons. The molecule has 0 saturated carbocycles. The van der Waals surface area contributed by atoms with Gasteiger partial charge < -0.3 is 30.1 Å². The Labute approximate surface area is 365 Å². The number of halogens is 3. The van der Waals surface area contributed by atoms with Gasteiger partial charge >= 0.3 is 5.97 Å². The Balaban J connectivity index is 0.999. The fourth-order valence-electron chi connectivity index (χ4n) is 7.42. The molecule has 62 heavy (non-hydrogen) atoms. The van der Waals surface area contributed by atoms with E-state index in [0.29, 0.717) is 55.0 Å². The SMILES string of the molecule is N#Cc1ccc(-c2ccc(C[C@H](NC(=O)[C@@H]3Cc4cc5c(cc4CN3C(=O)c3ccc(F)cc3)OC(c3ccc(OCc4ccc(Cl)c(Cl)c4)cc3)C(=O)N5)C(=O)O)cc2)cc1. The molecule has 0 spiro atoms. The van der Waals surface area contributed by atoms with E-state index in [4.69, 9.17) is 37.9 Å². The monoisotopic (exact) mass is 868 g/mol. The molecule has 3 amide bonds. The van der Waals surface area contributed by atoms with Gasteiger partial charge in [0.2, 0.25) is 12.0 Å². The normalized spacial score (nSPS) is 15.8. The predicted octanol–water partition coefficient (Wildman–Crippen LogP) is 8.70. The lowest BCUT2D eigenvalue weighted by molar-refractivity contribution is -0.142. The summed E-state index contributed by atoms with van der Waals surface area (Å²) in [5.74, 6) is -2.59. The number of nitriles is 1. The maximum atomic E-state index is 14.1. The standard InChI is InChI=1S/C48H35Cl2FN4O7/c49-38-18-5-29(19-39(38)50)26-61-37-16-12-32(13-17-37)44-46(57)53-40-21-34-22-42(55(25-35(34)23-43(40)62-44)47(58)33-10-14-36(51)15-11-33)45(56)54-41(48(59)60)20-27-1-6-30(7-2-27)31-8-3-28(24-52)4-9-31/h1-19,21,23,41-42,44H,20,22,25-26H2,(H,53,57)(H,54,56)(H,59,60)/t41-,42-,44?/m0/s1. The summed E-state index contributed by atoms with van der Waals surface area (Å²) in [6.07, 6.45) is -1.07. The number of amides is 3. The second-order valence-electron chi connectivity index (χ2n) is 14.9. The molecule has 6 aromatic carbocycles. The van der Waals surface area contributed by atoms with Gasteiger partial charge in [-0.25, -0.2) is 9.18 Å². The van der Waals surface area contributed by atoms with Crippen LogP contribution in [0.5, 0.6) is 11.5 Å². The number of hydrogen-bond donors (Lipinski definition) is 3. The van der Waals surface area contributed by atoms with E-state index in [-0.39, 0.29) is 31.6 Å². The van der Waals surface area contributed by atoms with Crippen LogP contribution in [-0.2, 0) is 40.4 Å². The van der Waals surface area contributed by atoms with E-state index in [2.05, 4.69) is 16.7 Å². The third-order valence-electron chi connectivity index (χ3n) is 10.8. The van der Waals surface area contributed by atoms with Crippen molar-refractivity contribution in [3.63, 3.8) is 0 Å². The van der Waals surface area contributed by atoms with Crippen molar-refractivity contribution in [3.8, 4) is 28.7 Å². The van der Waals surface area contributed by atoms with E-state index in [1.807, 2.05) is 30.3 Å². The molecule has 0 aliphatic carbocycles. The fourth-order valence-corrected chi connectivity index (χ4v) is 7.75. The molecule has 0 fully saturated rings. The van der Waals surface area contributed by atoms with Crippen molar-refractivity contribution in [3.05, 3.63) is 182 Å². The van der Waals surface area contributed by atoms with Gasteiger partial charge in [-0.2, -0.15) is 5.26 Å². The lowest BCUT2D eigenvalue weighted by Gasteiger charge is -2.37. The lowest BCUT2D eigenvalue weighted by Crippen LogP contribution is -2.56. The maximum Gasteiger partial charge on any atom is 0.326 e. The number of anilines is 1. The summed E-state index contributed by atoms with van der Waals surface area (Å²) in [5.41, 5.74) is 6.10. The van der Waals surface area contributed by atoms with Gasteiger partial charge in [0.25, 0.3) is 11.8 Å². The number of carbonyl (C=O) groups is 4. The summed E-state index contributed by atoms with van der Waals surface area (Å²) in [6.45, 7) is 0.175. The molecule has 2 aliphatic heterocycles. The molecule has 3 N–H and O–H groups in total. The first-order valence-electron chi connectivity index (χ1n) is 19.4. The van der Waals surface area contributed by atoms with Crippen LogP contribution in [0.1, 0.15) is 49.8 Å². The molecule has 1 unspecified atom stereocenters. The predicted molar refractivity (Wildman–Crippen MR) is 229 cm³/mol. The van der Waals surface area contributed by atoms with Crippen LogP contribution in [0.25, 0.3) is 11.1 Å². The van der Waals surface area contributed by atoms with Crippen LogP contribution in [0.15, 0.2) is 127 Å². The van der Waals surface area contributed by atoms with Crippen molar-refractivity contribution in [2.45, 2.75) is 44.2 Å². The Morgan fingerprint density at radius 3 is 2.21 bits per heavy atom. The zero-order chi connectivity index (χ0) is 43.5. The number of fused-ring (bicyclic) bond motifs is 2. The van der Waals surface area contributed by atoms with Crippen LogP contribution in [0.4, 0.5) is 10.1 Å². The first-order valence-corrected chi connectivity index (χ1v) is 20.2. The number of ether oxygens (including phenoxy) is 2. The van der Waals surface area contributed by atoms with Crippen molar-refractivity contribution in [1.82, 2.24) is 10.2 Å². The highest BCUT2D eigenvalue weighted by atomic mass is 35.5. The molecular formula is C48H35Cl2FN4O7. The minimum absolute atomic E-state index is 0.0179. The largest absolute Gasteiger partial charge is 0.489 e. The quantitative estimate of drug-likeness (QED) is 0.117. The molecule has 2 aliphatic rings. The summed E-state index contributed by atoms with van der Waals surface area (Å²) in [6, 6.07) is 34.3. The summed E-state index contributed by atoms with van der Waals surface area (Å²) >= 11 is 12.1. The molecule has 14 heteroatoms. The van der Waals surface area contributed by atoms with Crippen LogP contribution >= 0.6 is 23.2 Å².